The summed E-state index contributed by atoms with van der Waals surface area (Å²) in [6, 6.07) is 12.8. The van der Waals surface area contributed by atoms with E-state index in [9.17, 15) is 19.1 Å². The molecule has 28 heavy (non-hydrogen) atoms. The number of amides is 1. The Labute approximate surface area is 159 Å². The Hall–Kier alpha value is -3.74. The Morgan fingerprint density at radius 2 is 1.93 bits per heavy atom. The fraction of sp³-hybridized carbons (Fsp3) is 0.0952. The third kappa shape index (κ3) is 3.07. The molecule has 0 aliphatic carbocycles. The van der Waals surface area contributed by atoms with E-state index in [1.807, 2.05) is 0 Å². The molecule has 0 radical (unpaired) electrons. The maximum Gasteiger partial charge on any atom is 0.290 e. The molecule has 0 fully saturated rings. The minimum Gasteiger partial charge on any atom is -0.503 e. The molecule has 3 aromatic rings. The van der Waals surface area contributed by atoms with Gasteiger partial charge in [0.15, 0.2) is 11.5 Å². The second-order valence-electron chi connectivity index (χ2n) is 6.28. The van der Waals surface area contributed by atoms with Crippen molar-refractivity contribution >= 4 is 11.7 Å². The van der Waals surface area contributed by atoms with Crippen molar-refractivity contribution in [3.05, 3.63) is 101 Å². The predicted octanol–water partition coefficient (Wildman–Crippen LogP) is 3.59. The Morgan fingerprint density at radius 3 is 2.57 bits per heavy atom. The Kier molecular flexibility index (Phi) is 4.49. The molecule has 1 aliphatic rings. The number of hydrogen-bond donors (Lipinski definition) is 1. The van der Waals surface area contributed by atoms with E-state index in [1.54, 1.807) is 30.5 Å². The first-order valence-electron chi connectivity index (χ1n) is 8.54. The quantitative estimate of drug-likeness (QED) is 0.686. The van der Waals surface area contributed by atoms with Crippen LogP contribution in [-0.4, -0.2) is 26.7 Å². The number of furan rings is 1. The molecule has 7 heteroatoms. The Bertz CT molecular complexity index is 1040. The fourth-order valence-corrected chi connectivity index (χ4v) is 3.25. The van der Waals surface area contributed by atoms with Gasteiger partial charge in [-0.3, -0.25) is 14.6 Å². The lowest BCUT2D eigenvalue weighted by atomic mass is 9.95. The summed E-state index contributed by atoms with van der Waals surface area (Å²) in [4.78, 5) is 31.3. The molecule has 0 spiro atoms. The van der Waals surface area contributed by atoms with Crippen molar-refractivity contribution in [2.75, 3.05) is 0 Å². The highest BCUT2D eigenvalue weighted by Gasteiger charge is 2.44. The molecule has 4 rings (SSSR count). The molecular formula is C21H15FN2O4. The van der Waals surface area contributed by atoms with E-state index in [0.29, 0.717) is 11.3 Å². The molecule has 140 valence electrons. The van der Waals surface area contributed by atoms with Crippen LogP contribution >= 0.6 is 0 Å². The number of nitrogens with zero attached hydrogens (tertiary/aromatic N) is 2. The number of pyridine rings is 1. The molecule has 1 N–H and O–H groups in total. The summed E-state index contributed by atoms with van der Waals surface area (Å²) in [6.45, 7) is 0.0701. The number of carbonyl (C=O) groups is 2. The van der Waals surface area contributed by atoms with Crippen molar-refractivity contribution in [2.45, 2.75) is 12.6 Å². The number of ketones is 1. The normalized spacial score (nSPS) is 16.7. The predicted molar refractivity (Wildman–Crippen MR) is 96.6 cm³/mol. The summed E-state index contributed by atoms with van der Waals surface area (Å²) in [6.07, 6.45) is 2.92. The van der Waals surface area contributed by atoms with Crippen LogP contribution in [0.3, 0.4) is 0 Å². The van der Waals surface area contributed by atoms with Crippen molar-refractivity contribution in [3.63, 3.8) is 0 Å². The smallest absolute Gasteiger partial charge is 0.290 e. The van der Waals surface area contributed by atoms with Gasteiger partial charge in [-0.15, -0.1) is 0 Å². The number of benzene rings is 1. The molecule has 3 heterocycles. The first kappa shape index (κ1) is 17.7. The minimum atomic E-state index is -0.896. The van der Waals surface area contributed by atoms with Gasteiger partial charge in [0.05, 0.1) is 30.1 Å². The van der Waals surface area contributed by atoms with Gasteiger partial charge >= 0.3 is 0 Å². The molecular weight excluding hydrogens is 363 g/mol. The maximum atomic E-state index is 13.4. The number of aliphatic hydroxyl groups excluding tert-OH is 1. The molecule has 1 unspecified atom stereocenters. The van der Waals surface area contributed by atoms with Crippen LogP contribution < -0.4 is 0 Å². The SMILES string of the molecule is O=C(C1=C(O)C(=O)N(Cc2ccccn2)C1c1ccc(F)cc1)c1ccco1. The number of hydrogen-bond acceptors (Lipinski definition) is 5. The van der Waals surface area contributed by atoms with Crippen LogP contribution in [0.25, 0.3) is 0 Å². The molecule has 6 nitrogen and oxygen atoms in total. The average Bonchev–Trinajstić information content (AvgIpc) is 3.33. The van der Waals surface area contributed by atoms with Crippen molar-refractivity contribution < 1.29 is 23.5 Å². The van der Waals surface area contributed by atoms with Gasteiger partial charge in [0, 0.05) is 6.20 Å². The van der Waals surface area contributed by atoms with Crippen molar-refractivity contribution in [3.8, 4) is 0 Å². The van der Waals surface area contributed by atoms with E-state index in [2.05, 4.69) is 4.98 Å². The van der Waals surface area contributed by atoms with Gasteiger partial charge in [-0.25, -0.2) is 4.39 Å². The third-order valence-electron chi connectivity index (χ3n) is 4.54. The summed E-state index contributed by atoms with van der Waals surface area (Å²) < 4.78 is 18.6. The Morgan fingerprint density at radius 1 is 1.14 bits per heavy atom. The molecule has 0 saturated carbocycles. The number of Topliss-reactive ketones (excluding diaryl/α,β-unsaturated/α-hetero) is 1. The summed E-state index contributed by atoms with van der Waals surface area (Å²) in [7, 11) is 0. The second kappa shape index (κ2) is 7.11. The monoisotopic (exact) mass is 378 g/mol. The number of carbonyl (C=O) groups excluding carboxylic acids is 2. The van der Waals surface area contributed by atoms with Gasteiger partial charge in [0.2, 0.25) is 5.78 Å². The second-order valence-corrected chi connectivity index (χ2v) is 6.28. The number of aliphatic hydroxyl groups is 1. The standard InChI is InChI=1S/C21H15FN2O4/c22-14-8-6-13(7-9-14)18-17(19(25)16-5-3-11-28-16)20(26)21(27)24(18)12-15-4-1-2-10-23-15/h1-11,18,26H,12H2. The highest BCUT2D eigenvalue weighted by molar-refractivity contribution is 6.14. The van der Waals surface area contributed by atoms with E-state index in [0.717, 1.165) is 0 Å². The lowest BCUT2D eigenvalue weighted by molar-refractivity contribution is -0.130. The molecule has 0 bridgehead atoms. The topological polar surface area (TPSA) is 83.6 Å². The Balaban J connectivity index is 1.79. The first-order chi connectivity index (χ1) is 13.6. The minimum absolute atomic E-state index is 0.00106. The average molecular weight is 378 g/mol. The zero-order valence-electron chi connectivity index (χ0n) is 14.6. The highest BCUT2D eigenvalue weighted by Crippen LogP contribution is 2.39. The van der Waals surface area contributed by atoms with Crippen LogP contribution in [-0.2, 0) is 11.3 Å². The largest absolute Gasteiger partial charge is 0.503 e. The van der Waals surface area contributed by atoms with Crippen LogP contribution in [0.4, 0.5) is 4.39 Å². The first-order valence-corrected chi connectivity index (χ1v) is 8.54. The lowest BCUT2D eigenvalue weighted by Gasteiger charge is -2.26. The van der Waals surface area contributed by atoms with Gasteiger partial charge in [-0.2, -0.15) is 0 Å². The van der Waals surface area contributed by atoms with E-state index >= 15 is 0 Å². The van der Waals surface area contributed by atoms with E-state index in [-0.39, 0.29) is 17.9 Å². The van der Waals surface area contributed by atoms with Crippen molar-refractivity contribution in [1.82, 2.24) is 9.88 Å². The molecule has 1 amide bonds. The molecule has 1 aromatic carbocycles. The van der Waals surface area contributed by atoms with Crippen LogP contribution in [0, 0.1) is 5.82 Å². The van der Waals surface area contributed by atoms with Gasteiger partial charge in [-0.05, 0) is 42.0 Å². The summed E-state index contributed by atoms with van der Waals surface area (Å²) in [5.41, 5.74) is 0.967. The zero-order valence-corrected chi connectivity index (χ0v) is 14.6. The lowest BCUT2D eigenvalue weighted by Crippen LogP contribution is -2.31. The van der Waals surface area contributed by atoms with Gasteiger partial charge < -0.3 is 14.4 Å². The van der Waals surface area contributed by atoms with E-state index in [4.69, 9.17) is 4.42 Å². The van der Waals surface area contributed by atoms with Gasteiger partial charge in [-0.1, -0.05) is 18.2 Å². The fourth-order valence-electron chi connectivity index (χ4n) is 3.25. The van der Waals surface area contributed by atoms with Crippen molar-refractivity contribution in [2.24, 2.45) is 0 Å². The summed E-state index contributed by atoms with van der Waals surface area (Å²) in [5, 5.41) is 10.5. The van der Waals surface area contributed by atoms with E-state index in [1.165, 1.54) is 41.5 Å². The molecule has 0 saturated heterocycles. The maximum absolute atomic E-state index is 13.4. The van der Waals surface area contributed by atoms with Crippen LogP contribution in [0.15, 0.2) is 82.8 Å². The van der Waals surface area contributed by atoms with Crippen LogP contribution in [0.2, 0.25) is 0 Å². The van der Waals surface area contributed by atoms with Crippen molar-refractivity contribution in [1.29, 1.82) is 0 Å². The van der Waals surface area contributed by atoms with Crippen LogP contribution in [0.5, 0.6) is 0 Å². The molecule has 1 atom stereocenters. The number of aromatic nitrogens is 1. The molecule has 1 aliphatic heterocycles. The van der Waals surface area contributed by atoms with Gasteiger partial charge in [0.1, 0.15) is 5.82 Å². The summed E-state index contributed by atoms with van der Waals surface area (Å²) in [5.74, 6) is -2.40. The number of halogens is 1. The molecule has 2 aromatic heterocycles. The third-order valence-corrected chi connectivity index (χ3v) is 4.54. The van der Waals surface area contributed by atoms with Crippen LogP contribution in [0.1, 0.15) is 27.9 Å². The zero-order chi connectivity index (χ0) is 19.7. The van der Waals surface area contributed by atoms with Gasteiger partial charge in [0.25, 0.3) is 5.91 Å². The highest BCUT2D eigenvalue weighted by atomic mass is 19.1. The number of rotatable bonds is 5. The summed E-state index contributed by atoms with van der Waals surface area (Å²) >= 11 is 0. The van der Waals surface area contributed by atoms with E-state index < -0.39 is 29.3 Å².